The lowest BCUT2D eigenvalue weighted by molar-refractivity contribution is -0.218. The standard InChI is InChI=1S/C46H93O10P/c1-3-5-7-9-11-13-15-17-19-21-23-25-27-29-31-33-36-54-39-40(35-38-57(52,53)56-46-44(50)42(48)41(47)43(49)45(46)51)55-37-34-32-30-28-26-24-22-20-18-16-14-12-10-8-6-4-2/h40-51H,3-39H2,1-2H3,(H,52,53)/t40?,41?,42-,43+,44-,45-,46?/m0/s1. The van der Waals surface area contributed by atoms with Crippen LogP contribution in [0, 0.1) is 0 Å². The monoisotopic (exact) mass is 837 g/mol. The molecule has 1 aliphatic rings. The summed E-state index contributed by atoms with van der Waals surface area (Å²) in [5.74, 6) is 0. The van der Waals surface area contributed by atoms with Gasteiger partial charge in [0.1, 0.15) is 36.6 Å². The van der Waals surface area contributed by atoms with Crippen molar-refractivity contribution in [3.8, 4) is 0 Å². The summed E-state index contributed by atoms with van der Waals surface area (Å²) >= 11 is 0. The minimum Gasteiger partial charge on any atom is -0.387 e. The number of rotatable bonds is 42. The van der Waals surface area contributed by atoms with Crippen molar-refractivity contribution in [1.29, 1.82) is 0 Å². The van der Waals surface area contributed by atoms with E-state index in [4.69, 9.17) is 14.0 Å². The lowest BCUT2D eigenvalue weighted by Crippen LogP contribution is -2.64. The molecular formula is C46H93O10P. The molecule has 8 atom stereocenters. The number of ether oxygens (including phenoxy) is 2. The quantitative estimate of drug-likeness (QED) is 0.0257. The van der Waals surface area contributed by atoms with Gasteiger partial charge in [0.25, 0.3) is 0 Å². The van der Waals surface area contributed by atoms with Crippen molar-refractivity contribution in [2.45, 2.75) is 268 Å². The van der Waals surface area contributed by atoms with E-state index >= 15 is 0 Å². The molecule has 0 heterocycles. The summed E-state index contributed by atoms with van der Waals surface area (Å²) in [7, 11) is -4.38. The van der Waals surface area contributed by atoms with E-state index in [1.54, 1.807) is 0 Å². The second-order valence-corrected chi connectivity index (χ2v) is 19.3. The molecule has 4 unspecified atom stereocenters. The molecule has 1 rings (SSSR count). The van der Waals surface area contributed by atoms with Gasteiger partial charge in [-0.15, -0.1) is 0 Å². The molecule has 0 aliphatic heterocycles. The van der Waals surface area contributed by atoms with Crippen molar-refractivity contribution in [3.63, 3.8) is 0 Å². The molecule has 0 spiro atoms. The fraction of sp³-hybridized carbons (Fsp3) is 1.00. The molecule has 0 bridgehead atoms. The summed E-state index contributed by atoms with van der Waals surface area (Å²) in [5, 5.41) is 50.4. The number of aliphatic hydroxyl groups is 5. The van der Waals surface area contributed by atoms with Gasteiger partial charge in [-0.3, -0.25) is 9.09 Å². The van der Waals surface area contributed by atoms with Crippen molar-refractivity contribution >= 4 is 7.60 Å². The van der Waals surface area contributed by atoms with Crippen molar-refractivity contribution in [3.05, 3.63) is 0 Å². The summed E-state index contributed by atoms with van der Waals surface area (Å²) in [6.07, 6.45) is 30.1. The zero-order chi connectivity index (χ0) is 41.8. The van der Waals surface area contributed by atoms with Crippen molar-refractivity contribution in [2.24, 2.45) is 0 Å². The predicted molar refractivity (Wildman–Crippen MR) is 234 cm³/mol. The van der Waals surface area contributed by atoms with Crippen LogP contribution in [0.25, 0.3) is 0 Å². The van der Waals surface area contributed by atoms with Crippen molar-refractivity contribution < 1.29 is 49.0 Å². The molecule has 0 aromatic rings. The summed E-state index contributed by atoms with van der Waals surface area (Å²) in [5.41, 5.74) is 0. The topological polar surface area (TPSA) is 166 Å². The zero-order valence-electron chi connectivity index (χ0n) is 37.0. The Hall–Kier alpha value is -0.130. The average molecular weight is 837 g/mol. The van der Waals surface area contributed by atoms with E-state index in [-0.39, 0.29) is 19.2 Å². The molecule has 0 aromatic carbocycles. The Labute approximate surface area is 350 Å². The minimum atomic E-state index is -4.38. The van der Waals surface area contributed by atoms with Gasteiger partial charge < -0.3 is 39.9 Å². The molecule has 1 aliphatic carbocycles. The Morgan fingerprint density at radius 3 is 1.09 bits per heavy atom. The van der Waals surface area contributed by atoms with Crippen LogP contribution in [-0.2, 0) is 18.6 Å². The first-order chi connectivity index (χ1) is 27.6. The first-order valence-electron chi connectivity index (χ1n) is 24.2. The van der Waals surface area contributed by atoms with Crippen LogP contribution >= 0.6 is 7.60 Å². The van der Waals surface area contributed by atoms with Crippen LogP contribution in [0.15, 0.2) is 0 Å². The van der Waals surface area contributed by atoms with Crippen LogP contribution < -0.4 is 0 Å². The Kier molecular flexibility index (Phi) is 36.2. The summed E-state index contributed by atoms with van der Waals surface area (Å²) in [6.45, 7) is 5.95. The van der Waals surface area contributed by atoms with Gasteiger partial charge in [0.2, 0.25) is 0 Å². The lowest BCUT2D eigenvalue weighted by atomic mass is 9.85. The van der Waals surface area contributed by atoms with Gasteiger partial charge >= 0.3 is 7.60 Å². The van der Waals surface area contributed by atoms with Gasteiger partial charge in [0, 0.05) is 13.2 Å². The maximum atomic E-state index is 13.0. The number of hydrogen-bond acceptors (Lipinski definition) is 9. The van der Waals surface area contributed by atoms with E-state index in [1.165, 1.54) is 180 Å². The minimum absolute atomic E-state index is 0.165. The van der Waals surface area contributed by atoms with E-state index in [0.717, 1.165) is 25.7 Å². The Morgan fingerprint density at radius 2 is 0.737 bits per heavy atom. The van der Waals surface area contributed by atoms with E-state index in [1.807, 2.05) is 0 Å². The van der Waals surface area contributed by atoms with Crippen LogP contribution in [0.3, 0.4) is 0 Å². The Bertz CT molecular complexity index is 896. The molecule has 10 nitrogen and oxygen atoms in total. The van der Waals surface area contributed by atoms with Gasteiger partial charge in [-0.25, -0.2) is 0 Å². The largest absolute Gasteiger partial charge is 0.387 e. The number of aliphatic hydroxyl groups excluding tert-OH is 5. The van der Waals surface area contributed by atoms with E-state index in [9.17, 15) is 35.0 Å². The molecule has 11 heteroatoms. The van der Waals surface area contributed by atoms with Crippen LogP contribution in [0.5, 0.6) is 0 Å². The van der Waals surface area contributed by atoms with Gasteiger partial charge in [0.05, 0.1) is 18.9 Å². The van der Waals surface area contributed by atoms with Gasteiger partial charge in [-0.05, 0) is 19.3 Å². The highest BCUT2D eigenvalue weighted by Crippen LogP contribution is 2.46. The lowest BCUT2D eigenvalue weighted by Gasteiger charge is -2.41. The predicted octanol–water partition coefficient (Wildman–Crippen LogP) is 10.7. The second-order valence-electron chi connectivity index (χ2n) is 17.3. The third kappa shape index (κ3) is 29.7. The van der Waals surface area contributed by atoms with Gasteiger partial charge in [-0.1, -0.05) is 206 Å². The summed E-state index contributed by atoms with van der Waals surface area (Å²) in [4.78, 5) is 10.6. The Balaban J connectivity index is 2.30. The average Bonchev–Trinajstić information content (AvgIpc) is 3.20. The zero-order valence-corrected chi connectivity index (χ0v) is 37.9. The molecule has 0 radical (unpaired) electrons. The van der Waals surface area contributed by atoms with E-state index < -0.39 is 50.3 Å². The third-order valence-corrected chi connectivity index (χ3v) is 13.3. The molecule has 342 valence electrons. The molecule has 0 amide bonds. The van der Waals surface area contributed by atoms with Crippen molar-refractivity contribution in [2.75, 3.05) is 26.0 Å². The van der Waals surface area contributed by atoms with E-state index in [2.05, 4.69) is 13.8 Å². The fourth-order valence-corrected chi connectivity index (χ4v) is 9.30. The SMILES string of the molecule is CCCCCCCCCCCCCCCCCCOCC(CCP(=O)(O)OC1[C@@H](O)[C@H](O)C(O)[C@H](O)[C@@H]1O)OCCCCCCCCCCCCCCCCCC. The first kappa shape index (κ1) is 54.9. The van der Waals surface area contributed by atoms with Crippen LogP contribution in [-0.4, -0.2) is 99.1 Å². The van der Waals surface area contributed by atoms with Gasteiger partial charge in [0.15, 0.2) is 0 Å². The molecule has 0 saturated heterocycles. The first-order valence-corrected chi connectivity index (χ1v) is 26.0. The Morgan fingerprint density at radius 1 is 0.439 bits per heavy atom. The number of unbranched alkanes of at least 4 members (excludes halogenated alkanes) is 30. The fourth-order valence-electron chi connectivity index (χ4n) is 7.95. The highest BCUT2D eigenvalue weighted by atomic mass is 31.2. The summed E-state index contributed by atoms with van der Waals surface area (Å²) < 4.78 is 30.4. The van der Waals surface area contributed by atoms with E-state index in [0.29, 0.717) is 13.2 Å². The molecule has 1 fully saturated rings. The van der Waals surface area contributed by atoms with Crippen LogP contribution in [0.2, 0.25) is 0 Å². The molecule has 1 saturated carbocycles. The van der Waals surface area contributed by atoms with Gasteiger partial charge in [-0.2, -0.15) is 0 Å². The molecule has 0 aromatic heterocycles. The van der Waals surface area contributed by atoms with Crippen molar-refractivity contribution in [1.82, 2.24) is 0 Å². The second kappa shape index (κ2) is 37.6. The summed E-state index contributed by atoms with van der Waals surface area (Å²) in [6, 6.07) is 0. The molecule has 57 heavy (non-hydrogen) atoms. The van der Waals surface area contributed by atoms with Crippen LogP contribution in [0.4, 0.5) is 0 Å². The van der Waals surface area contributed by atoms with Crippen LogP contribution in [0.1, 0.15) is 226 Å². The number of hydrogen-bond donors (Lipinski definition) is 6. The highest BCUT2D eigenvalue weighted by molar-refractivity contribution is 7.52. The normalized spacial score (nSPS) is 22.9. The molecular weight excluding hydrogens is 743 g/mol. The maximum Gasteiger partial charge on any atom is 0.328 e. The molecule has 6 N–H and O–H groups in total. The maximum absolute atomic E-state index is 13.0. The smallest absolute Gasteiger partial charge is 0.328 e. The highest BCUT2D eigenvalue weighted by Gasteiger charge is 2.51. The third-order valence-electron chi connectivity index (χ3n) is 11.9.